The van der Waals surface area contributed by atoms with Crippen LogP contribution in [0.3, 0.4) is 0 Å². The minimum absolute atomic E-state index is 0.0995. The van der Waals surface area contributed by atoms with Crippen molar-refractivity contribution in [3.05, 3.63) is 78.6 Å². The third-order valence-corrected chi connectivity index (χ3v) is 5.56. The molecule has 7 nitrogen and oxygen atoms in total. The summed E-state index contributed by atoms with van der Waals surface area (Å²) >= 11 is 1.30. The summed E-state index contributed by atoms with van der Waals surface area (Å²) in [6.07, 6.45) is 4.31. The van der Waals surface area contributed by atoms with Gasteiger partial charge >= 0.3 is 0 Å². The van der Waals surface area contributed by atoms with Gasteiger partial charge in [-0.1, -0.05) is 43.0 Å². The molecular weight excluding hydrogens is 410 g/mol. The van der Waals surface area contributed by atoms with Crippen LogP contribution in [0.4, 0.5) is 5.69 Å². The largest absolute Gasteiger partial charge is 0.508 e. The minimum Gasteiger partial charge on any atom is -0.508 e. The zero-order valence-electron chi connectivity index (χ0n) is 16.9. The number of carbonyl (C=O) groups is 1. The number of aromatic hydroxyl groups is 1. The van der Waals surface area contributed by atoms with E-state index in [2.05, 4.69) is 33.5 Å². The van der Waals surface area contributed by atoms with Gasteiger partial charge in [-0.15, -0.1) is 10.2 Å². The molecule has 0 aliphatic heterocycles. The number of nitrogens with zero attached hydrogens (tertiary/aromatic N) is 4. The number of hydrogen-bond acceptors (Lipinski definition) is 6. The van der Waals surface area contributed by atoms with Crippen molar-refractivity contribution in [3.8, 4) is 22.8 Å². The maximum absolute atomic E-state index is 12.5. The highest BCUT2D eigenvalue weighted by molar-refractivity contribution is 7.99. The summed E-state index contributed by atoms with van der Waals surface area (Å²) in [6, 6.07) is 18.3. The monoisotopic (exact) mass is 431 g/mol. The summed E-state index contributed by atoms with van der Waals surface area (Å²) in [5.41, 5.74) is 3.51. The van der Waals surface area contributed by atoms with E-state index in [0.29, 0.717) is 16.7 Å². The Hall–Kier alpha value is -3.65. The van der Waals surface area contributed by atoms with Crippen molar-refractivity contribution in [2.24, 2.45) is 0 Å². The first kappa shape index (κ1) is 20.6. The number of carbonyl (C=O) groups excluding carboxylic acids is 1. The fraction of sp³-hybridized carbons (Fsp3) is 0.130. The Bertz CT molecular complexity index is 1190. The van der Waals surface area contributed by atoms with E-state index in [1.54, 1.807) is 30.6 Å². The Kier molecular flexibility index (Phi) is 6.28. The van der Waals surface area contributed by atoms with E-state index in [4.69, 9.17) is 0 Å². The van der Waals surface area contributed by atoms with E-state index >= 15 is 0 Å². The first-order valence-electron chi connectivity index (χ1n) is 9.81. The zero-order valence-corrected chi connectivity index (χ0v) is 17.7. The lowest BCUT2D eigenvalue weighted by atomic mass is 10.1. The Labute approximate surface area is 184 Å². The topological polar surface area (TPSA) is 92.9 Å². The van der Waals surface area contributed by atoms with E-state index in [0.717, 1.165) is 23.2 Å². The molecule has 0 aliphatic rings. The molecule has 0 saturated carbocycles. The van der Waals surface area contributed by atoms with E-state index < -0.39 is 0 Å². The van der Waals surface area contributed by atoms with E-state index in [1.165, 1.54) is 17.8 Å². The summed E-state index contributed by atoms with van der Waals surface area (Å²) in [6.45, 7) is 2.10. The van der Waals surface area contributed by atoms with Gasteiger partial charge in [0.1, 0.15) is 5.75 Å². The quantitative estimate of drug-likeness (QED) is 0.423. The molecule has 156 valence electrons. The van der Waals surface area contributed by atoms with Crippen LogP contribution < -0.4 is 5.32 Å². The van der Waals surface area contributed by atoms with Crippen molar-refractivity contribution in [2.45, 2.75) is 18.5 Å². The normalized spacial score (nSPS) is 10.7. The number of pyridine rings is 1. The molecule has 0 aliphatic carbocycles. The summed E-state index contributed by atoms with van der Waals surface area (Å²) in [4.78, 5) is 16.7. The average molecular weight is 432 g/mol. The summed E-state index contributed by atoms with van der Waals surface area (Å²) in [5, 5.41) is 21.7. The number of benzene rings is 2. The van der Waals surface area contributed by atoms with Crippen molar-refractivity contribution in [1.29, 1.82) is 0 Å². The lowest BCUT2D eigenvalue weighted by Crippen LogP contribution is -2.14. The number of rotatable bonds is 7. The Morgan fingerprint density at radius 2 is 1.97 bits per heavy atom. The van der Waals surface area contributed by atoms with Gasteiger partial charge in [0.2, 0.25) is 5.91 Å². The second-order valence-corrected chi connectivity index (χ2v) is 7.70. The van der Waals surface area contributed by atoms with Gasteiger partial charge in [-0.2, -0.15) is 0 Å². The van der Waals surface area contributed by atoms with Gasteiger partial charge in [0, 0.05) is 29.7 Å². The second-order valence-electron chi connectivity index (χ2n) is 6.75. The fourth-order valence-corrected chi connectivity index (χ4v) is 3.95. The number of aromatic nitrogens is 4. The van der Waals surface area contributed by atoms with Crippen LogP contribution in [-0.4, -0.2) is 36.5 Å². The van der Waals surface area contributed by atoms with Crippen LogP contribution in [-0.2, 0) is 11.2 Å². The highest BCUT2D eigenvalue weighted by atomic mass is 32.2. The molecular formula is C23H21N5O2S. The molecule has 2 N–H and O–H groups in total. The Morgan fingerprint density at radius 1 is 1.10 bits per heavy atom. The van der Waals surface area contributed by atoms with Gasteiger partial charge in [-0.05, 0) is 42.3 Å². The molecule has 2 heterocycles. The third kappa shape index (κ3) is 4.75. The molecule has 0 bridgehead atoms. The number of amides is 1. The summed E-state index contributed by atoms with van der Waals surface area (Å²) < 4.78 is 1.97. The van der Waals surface area contributed by atoms with Crippen LogP contribution in [0.15, 0.2) is 78.2 Å². The van der Waals surface area contributed by atoms with Crippen molar-refractivity contribution in [2.75, 3.05) is 11.1 Å². The molecule has 0 unspecified atom stereocenters. The molecule has 2 aromatic heterocycles. The number of aryl methyl sites for hydroxylation is 1. The molecule has 0 radical (unpaired) electrons. The zero-order chi connectivity index (χ0) is 21.6. The van der Waals surface area contributed by atoms with Gasteiger partial charge in [0.05, 0.1) is 11.4 Å². The lowest BCUT2D eigenvalue weighted by Gasteiger charge is -2.14. The molecule has 4 rings (SSSR count). The average Bonchev–Trinajstić information content (AvgIpc) is 3.22. The highest BCUT2D eigenvalue weighted by Gasteiger charge is 2.19. The van der Waals surface area contributed by atoms with Gasteiger partial charge in [-0.3, -0.25) is 14.3 Å². The number of hydrogen-bond donors (Lipinski definition) is 2. The van der Waals surface area contributed by atoms with Crippen molar-refractivity contribution in [3.63, 3.8) is 0 Å². The predicted molar refractivity (Wildman–Crippen MR) is 121 cm³/mol. The molecule has 4 aromatic rings. The number of phenols is 1. The van der Waals surface area contributed by atoms with Gasteiger partial charge in [0.25, 0.3) is 0 Å². The SMILES string of the molecule is CCc1ccccc1-n1c(SCC(=O)Nc2cccc(O)c2)nnc1-c1cccnc1. The van der Waals surface area contributed by atoms with Crippen molar-refractivity contribution in [1.82, 2.24) is 19.7 Å². The van der Waals surface area contributed by atoms with Gasteiger partial charge in [-0.25, -0.2) is 0 Å². The van der Waals surface area contributed by atoms with E-state index in [-0.39, 0.29) is 17.4 Å². The Balaban J connectivity index is 1.63. The molecule has 0 fully saturated rings. The molecule has 2 aromatic carbocycles. The van der Waals surface area contributed by atoms with Gasteiger partial charge in [0.15, 0.2) is 11.0 Å². The molecule has 31 heavy (non-hydrogen) atoms. The van der Waals surface area contributed by atoms with Gasteiger partial charge < -0.3 is 10.4 Å². The fourth-order valence-electron chi connectivity index (χ4n) is 3.20. The smallest absolute Gasteiger partial charge is 0.234 e. The van der Waals surface area contributed by atoms with Crippen LogP contribution in [0.2, 0.25) is 0 Å². The maximum atomic E-state index is 12.5. The first-order valence-corrected chi connectivity index (χ1v) is 10.8. The first-order chi connectivity index (χ1) is 15.2. The van der Waals surface area contributed by atoms with E-state index in [1.807, 2.05) is 34.9 Å². The van der Waals surface area contributed by atoms with Crippen molar-refractivity contribution >= 4 is 23.4 Å². The lowest BCUT2D eigenvalue weighted by molar-refractivity contribution is -0.113. The van der Waals surface area contributed by atoms with Crippen LogP contribution in [0.1, 0.15) is 12.5 Å². The molecule has 0 saturated heterocycles. The summed E-state index contributed by atoms with van der Waals surface area (Å²) in [5.74, 6) is 0.721. The minimum atomic E-state index is -0.197. The van der Waals surface area contributed by atoms with Crippen LogP contribution in [0.5, 0.6) is 5.75 Å². The molecule has 1 amide bonds. The third-order valence-electron chi connectivity index (χ3n) is 4.63. The second kappa shape index (κ2) is 9.44. The van der Waals surface area contributed by atoms with E-state index in [9.17, 15) is 9.90 Å². The maximum Gasteiger partial charge on any atom is 0.234 e. The van der Waals surface area contributed by atoms with Crippen molar-refractivity contribution < 1.29 is 9.90 Å². The van der Waals surface area contributed by atoms with Crippen LogP contribution in [0, 0.1) is 0 Å². The van der Waals surface area contributed by atoms with Crippen LogP contribution >= 0.6 is 11.8 Å². The highest BCUT2D eigenvalue weighted by Crippen LogP contribution is 2.29. The molecule has 0 spiro atoms. The molecule has 0 atom stereocenters. The molecule has 8 heteroatoms. The predicted octanol–water partition coefficient (Wildman–Crippen LogP) is 4.33. The number of para-hydroxylation sites is 1. The summed E-state index contributed by atoms with van der Waals surface area (Å²) in [7, 11) is 0. The standard InChI is InChI=1S/C23H21N5O2S/c1-2-16-7-3-4-11-20(16)28-22(17-8-6-12-24-14-17)26-27-23(28)31-15-21(30)25-18-9-5-10-19(29)13-18/h3-14,29H,2,15H2,1H3,(H,25,30). The number of thioether (sulfide) groups is 1. The number of phenolic OH excluding ortho intramolecular Hbond substituents is 1. The van der Waals surface area contributed by atoms with Crippen LogP contribution in [0.25, 0.3) is 17.1 Å². The Morgan fingerprint density at radius 3 is 2.74 bits per heavy atom. The number of nitrogens with one attached hydrogen (secondary N) is 1. The number of anilines is 1.